The van der Waals surface area contributed by atoms with Crippen LogP contribution in [0.2, 0.25) is 5.02 Å². The molecule has 104 valence electrons. The van der Waals surface area contributed by atoms with Crippen LogP contribution in [0.15, 0.2) is 11.4 Å². The molecule has 0 atom stereocenters. The molecule has 0 aliphatic rings. The van der Waals surface area contributed by atoms with E-state index in [1.165, 1.54) is 6.20 Å². The van der Waals surface area contributed by atoms with Crippen LogP contribution in [0.5, 0.6) is 0 Å². The molecule has 6 nitrogen and oxygen atoms in total. The number of amides is 1. The van der Waals surface area contributed by atoms with Gasteiger partial charge in [0.15, 0.2) is 10.9 Å². The average molecular weight is 304 g/mol. The molecular weight excluding hydrogens is 290 g/mol. The largest absolute Gasteiger partial charge is 0.476 e. The second-order valence-corrected chi connectivity index (χ2v) is 4.86. The minimum atomic E-state index is -1.22. The van der Waals surface area contributed by atoms with Crippen LogP contribution >= 0.6 is 23.4 Å². The number of carbonyl (C=O) groups is 2. The second kappa shape index (κ2) is 7.30. The third-order valence-corrected chi connectivity index (χ3v) is 3.49. The Balaban J connectivity index is 2.71. The highest BCUT2D eigenvalue weighted by Gasteiger charge is 2.15. The van der Waals surface area contributed by atoms with Crippen molar-refractivity contribution in [2.75, 3.05) is 18.8 Å². The third-order valence-electron chi connectivity index (χ3n) is 2.37. The molecule has 0 aliphatic heterocycles. The third kappa shape index (κ3) is 4.36. The Hall–Kier alpha value is -1.34. The van der Waals surface area contributed by atoms with Crippen LogP contribution in [0.4, 0.5) is 0 Å². The number of aromatic nitrogens is 2. The van der Waals surface area contributed by atoms with E-state index in [1.807, 2.05) is 13.8 Å². The fourth-order valence-corrected chi connectivity index (χ4v) is 2.25. The topological polar surface area (TPSA) is 83.4 Å². The SMILES string of the molecule is CCN(CC)C(=O)CSc1ncc(Cl)c(C(=O)O)n1. The summed E-state index contributed by atoms with van der Waals surface area (Å²) in [6, 6.07) is 0. The number of hydrogen-bond donors (Lipinski definition) is 1. The van der Waals surface area contributed by atoms with Gasteiger partial charge >= 0.3 is 5.97 Å². The highest BCUT2D eigenvalue weighted by molar-refractivity contribution is 7.99. The van der Waals surface area contributed by atoms with Crippen LogP contribution in [-0.4, -0.2) is 50.7 Å². The van der Waals surface area contributed by atoms with E-state index in [0.717, 1.165) is 11.8 Å². The van der Waals surface area contributed by atoms with Gasteiger partial charge in [-0.15, -0.1) is 0 Å². The minimum absolute atomic E-state index is 0.0214. The molecular formula is C11H14ClN3O3S. The quantitative estimate of drug-likeness (QED) is 0.637. The summed E-state index contributed by atoms with van der Waals surface area (Å²) in [5.74, 6) is -1.09. The van der Waals surface area contributed by atoms with Crippen molar-refractivity contribution >= 4 is 35.2 Å². The van der Waals surface area contributed by atoms with Crippen molar-refractivity contribution in [1.29, 1.82) is 0 Å². The Morgan fingerprint density at radius 3 is 2.58 bits per heavy atom. The Labute approximate surface area is 120 Å². The molecule has 8 heteroatoms. The molecule has 0 aromatic carbocycles. The first kappa shape index (κ1) is 15.7. The van der Waals surface area contributed by atoms with Gasteiger partial charge in [0.2, 0.25) is 5.91 Å². The van der Waals surface area contributed by atoms with Gasteiger partial charge in [-0.05, 0) is 13.8 Å². The van der Waals surface area contributed by atoms with E-state index in [2.05, 4.69) is 9.97 Å². The molecule has 0 aliphatic carbocycles. The number of aromatic carboxylic acids is 1. The van der Waals surface area contributed by atoms with Crippen molar-refractivity contribution in [3.63, 3.8) is 0 Å². The predicted molar refractivity (Wildman–Crippen MR) is 72.7 cm³/mol. The number of nitrogens with zero attached hydrogens (tertiary/aromatic N) is 3. The van der Waals surface area contributed by atoms with Crippen LogP contribution in [0.3, 0.4) is 0 Å². The van der Waals surface area contributed by atoms with Crippen LogP contribution < -0.4 is 0 Å². The highest BCUT2D eigenvalue weighted by atomic mass is 35.5. The van der Waals surface area contributed by atoms with Crippen molar-refractivity contribution in [1.82, 2.24) is 14.9 Å². The zero-order chi connectivity index (χ0) is 14.4. The summed E-state index contributed by atoms with van der Waals surface area (Å²) < 4.78 is 0. The van der Waals surface area contributed by atoms with Gasteiger partial charge in [-0.1, -0.05) is 23.4 Å². The molecule has 0 bridgehead atoms. The maximum Gasteiger partial charge on any atom is 0.356 e. The van der Waals surface area contributed by atoms with E-state index < -0.39 is 5.97 Å². The zero-order valence-electron chi connectivity index (χ0n) is 10.6. The number of carbonyl (C=O) groups excluding carboxylic acids is 1. The Morgan fingerprint density at radius 1 is 1.42 bits per heavy atom. The van der Waals surface area contributed by atoms with E-state index >= 15 is 0 Å². The molecule has 1 aromatic heterocycles. The first-order valence-corrected chi connectivity index (χ1v) is 7.02. The normalized spacial score (nSPS) is 10.3. The second-order valence-electron chi connectivity index (χ2n) is 3.51. The van der Waals surface area contributed by atoms with Gasteiger partial charge < -0.3 is 10.0 Å². The minimum Gasteiger partial charge on any atom is -0.476 e. The lowest BCUT2D eigenvalue weighted by molar-refractivity contribution is -0.127. The molecule has 0 spiro atoms. The highest BCUT2D eigenvalue weighted by Crippen LogP contribution is 2.18. The molecule has 0 saturated heterocycles. The molecule has 1 amide bonds. The molecule has 0 saturated carbocycles. The number of halogens is 1. The first-order chi connectivity index (χ1) is 8.99. The smallest absolute Gasteiger partial charge is 0.356 e. The lowest BCUT2D eigenvalue weighted by Gasteiger charge is -2.17. The molecule has 1 aromatic rings. The summed E-state index contributed by atoms with van der Waals surface area (Å²) in [7, 11) is 0. The van der Waals surface area contributed by atoms with Crippen LogP contribution in [0.1, 0.15) is 24.3 Å². The van der Waals surface area contributed by atoms with E-state index in [4.69, 9.17) is 16.7 Å². The maximum atomic E-state index is 11.8. The van der Waals surface area contributed by atoms with Crippen molar-refractivity contribution in [3.05, 3.63) is 16.9 Å². The molecule has 0 unspecified atom stereocenters. The first-order valence-electron chi connectivity index (χ1n) is 5.66. The van der Waals surface area contributed by atoms with Gasteiger partial charge in [0.05, 0.1) is 17.0 Å². The summed E-state index contributed by atoms with van der Waals surface area (Å²) in [6.07, 6.45) is 1.22. The maximum absolute atomic E-state index is 11.8. The van der Waals surface area contributed by atoms with E-state index in [-0.39, 0.29) is 27.5 Å². The number of carboxylic acid groups (broad SMARTS) is 1. The van der Waals surface area contributed by atoms with Gasteiger partial charge in [0, 0.05) is 13.1 Å². The molecule has 0 radical (unpaired) electrons. The lowest BCUT2D eigenvalue weighted by Crippen LogP contribution is -2.31. The number of thioether (sulfide) groups is 1. The summed E-state index contributed by atoms with van der Waals surface area (Å²) >= 11 is 6.75. The molecule has 1 N–H and O–H groups in total. The predicted octanol–water partition coefficient (Wildman–Crippen LogP) is 1.79. The zero-order valence-corrected chi connectivity index (χ0v) is 12.2. The number of rotatable bonds is 6. The van der Waals surface area contributed by atoms with E-state index in [1.54, 1.807) is 4.90 Å². The van der Waals surface area contributed by atoms with Crippen molar-refractivity contribution in [2.24, 2.45) is 0 Å². The monoisotopic (exact) mass is 303 g/mol. The van der Waals surface area contributed by atoms with Crippen LogP contribution in [-0.2, 0) is 4.79 Å². The van der Waals surface area contributed by atoms with Gasteiger partial charge in [0.1, 0.15) is 0 Å². The number of carboxylic acids is 1. The summed E-state index contributed by atoms with van der Waals surface area (Å²) in [6.45, 7) is 5.07. The number of hydrogen-bond acceptors (Lipinski definition) is 5. The fourth-order valence-electron chi connectivity index (χ4n) is 1.36. The molecule has 1 heterocycles. The van der Waals surface area contributed by atoms with Crippen molar-refractivity contribution in [2.45, 2.75) is 19.0 Å². The average Bonchev–Trinajstić information content (AvgIpc) is 2.38. The van der Waals surface area contributed by atoms with Gasteiger partial charge in [-0.25, -0.2) is 14.8 Å². The van der Waals surface area contributed by atoms with Gasteiger partial charge in [0.25, 0.3) is 0 Å². The summed E-state index contributed by atoms with van der Waals surface area (Å²) in [4.78, 5) is 32.0. The van der Waals surface area contributed by atoms with Gasteiger partial charge in [-0.3, -0.25) is 4.79 Å². The standard InChI is InChI=1S/C11H14ClN3O3S/c1-3-15(4-2)8(16)6-19-11-13-5-7(12)9(14-11)10(17)18/h5H,3-4,6H2,1-2H3,(H,17,18). The lowest BCUT2D eigenvalue weighted by atomic mass is 10.4. The molecule has 1 rings (SSSR count). The Kier molecular flexibility index (Phi) is 6.04. The summed E-state index contributed by atoms with van der Waals surface area (Å²) in [5.41, 5.74) is -0.255. The Morgan fingerprint density at radius 2 is 2.05 bits per heavy atom. The van der Waals surface area contributed by atoms with Crippen LogP contribution in [0.25, 0.3) is 0 Å². The van der Waals surface area contributed by atoms with Crippen molar-refractivity contribution < 1.29 is 14.7 Å². The van der Waals surface area contributed by atoms with Crippen LogP contribution in [0, 0.1) is 0 Å². The molecule has 19 heavy (non-hydrogen) atoms. The van der Waals surface area contributed by atoms with Gasteiger partial charge in [-0.2, -0.15) is 0 Å². The van der Waals surface area contributed by atoms with E-state index in [0.29, 0.717) is 13.1 Å². The van der Waals surface area contributed by atoms with Crippen molar-refractivity contribution in [3.8, 4) is 0 Å². The van der Waals surface area contributed by atoms with E-state index in [9.17, 15) is 9.59 Å². The molecule has 0 fully saturated rings. The fraction of sp³-hybridized carbons (Fsp3) is 0.455. The summed E-state index contributed by atoms with van der Waals surface area (Å²) in [5, 5.41) is 9.08. The Bertz CT molecular complexity index is 480.